The average molecular weight is 261 g/mol. The lowest BCUT2D eigenvalue weighted by molar-refractivity contribution is -0.141. The second kappa shape index (κ2) is 5.46. The molecule has 0 aliphatic carbocycles. The Hall–Kier alpha value is -0.870. The minimum Gasteiger partial charge on any atom is -0.481 e. The summed E-state index contributed by atoms with van der Waals surface area (Å²) in [7, 11) is -1.33. The Morgan fingerprint density at radius 2 is 1.81 bits per heavy atom. The molecule has 3 nitrogen and oxygen atoms in total. The Bertz CT molecular complexity index is 402. The number of rotatable bonds is 4. The molecule has 0 amide bonds. The van der Waals surface area contributed by atoms with E-state index < -0.39 is 27.9 Å². The molecule has 0 aliphatic rings. The lowest BCUT2D eigenvalue weighted by Gasteiger charge is -2.15. The van der Waals surface area contributed by atoms with Gasteiger partial charge in [0.1, 0.15) is 0 Å². The minimum absolute atomic E-state index is 0.432. The van der Waals surface area contributed by atoms with Crippen LogP contribution in [-0.2, 0) is 15.6 Å². The zero-order chi connectivity index (χ0) is 12.3. The minimum atomic E-state index is -1.33. The molecule has 0 radical (unpaired) electrons. The Kier molecular flexibility index (Phi) is 4.50. The van der Waals surface area contributed by atoms with Gasteiger partial charge in [-0.05, 0) is 31.2 Å². The van der Waals surface area contributed by atoms with Crippen molar-refractivity contribution in [1.82, 2.24) is 0 Å². The van der Waals surface area contributed by atoms with Crippen LogP contribution in [0, 0.1) is 5.92 Å². The van der Waals surface area contributed by atoms with Crippen LogP contribution in [-0.4, -0.2) is 20.5 Å². The van der Waals surface area contributed by atoms with Crippen molar-refractivity contribution < 1.29 is 14.1 Å². The number of carboxylic acid groups (broad SMARTS) is 1. The van der Waals surface area contributed by atoms with Crippen LogP contribution in [0.15, 0.2) is 29.2 Å². The van der Waals surface area contributed by atoms with Crippen molar-refractivity contribution in [3.8, 4) is 0 Å². The molecule has 0 spiro atoms. The Morgan fingerprint density at radius 1 is 1.31 bits per heavy atom. The van der Waals surface area contributed by atoms with Crippen LogP contribution in [0.25, 0.3) is 0 Å². The molecule has 16 heavy (non-hydrogen) atoms. The lowest BCUT2D eigenvalue weighted by atomic mass is 10.1. The van der Waals surface area contributed by atoms with Gasteiger partial charge in [0, 0.05) is 15.2 Å². The number of carboxylic acids is 1. The zero-order valence-corrected chi connectivity index (χ0v) is 10.6. The van der Waals surface area contributed by atoms with Gasteiger partial charge >= 0.3 is 5.97 Å². The highest BCUT2D eigenvalue weighted by molar-refractivity contribution is 7.85. The van der Waals surface area contributed by atoms with E-state index in [1.54, 1.807) is 38.1 Å². The highest BCUT2D eigenvalue weighted by Crippen LogP contribution is 2.19. The summed E-state index contributed by atoms with van der Waals surface area (Å²) in [6, 6.07) is 6.60. The summed E-state index contributed by atoms with van der Waals surface area (Å²) in [6.07, 6.45) is 0. The van der Waals surface area contributed by atoms with Crippen molar-refractivity contribution in [2.75, 3.05) is 0 Å². The van der Waals surface area contributed by atoms with Gasteiger partial charge in [0.15, 0.2) is 0 Å². The summed E-state index contributed by atoms with van der Waals surface area (Å²) in [6.45, 7) is 3.23. The molecule has 5 heteroatoms. The SMILES string of the molecule is CC(C(=O)O)C(C)S(=O)c1ccc(Cl)cc1. The van der Waals surface area contributed by atoms with Crippen LogP contribution in [0.5, 0.6) is 0 Å². The van der Waals surface area contributed by atoms with Gasteiger partial charge in [-0.15, -0.1) is 0 Å². The molecule has 0 saturated heterocycles. The predicted molar refractivity (Wildman–Crippen MR) is 64.1 cm³/mol. The molecule has 88 valence electrons. The third kappa shape index (κ3) is 3.06. The number of carbonyl (C=O) groups is 1. The highest BCUT2D eigenvalue weighted by Gasteiger charge is 2.25. The van der Waals surface area contributed by atoms with E-state index in [1.807, 2.05) is 0 Å². The Labute approximate surface area is 102 Å². The van der Waals surface area contributed by atoms with Gasteiger partial charge < -0.3 is 5.11 Å². The van der Waals surface area contributed by atoms with Crippen LogP contribution in [0.3, 0.4) is 0 Å². The van der Waals surface area contributed by atoms with E-state index in [9.17, 15) is 9.00 Å². The molecule has 0 aromatic heterocycles. The molecule has 0 saturated carbocycles. The first-order chi connectivity index (χ1) is 7.43. The number of aliphatic carboxylic acids is 1. The number of hydrogen-bond donors (Lipinski definition) is 1. The highest BCUT2D eigenvalue weighted by atomic mass is 35.5. The van der Waals surface area contributed by atoms with Gasteiger partial charge in [-0.25, -0.2) is 0 Å². The molecule has 1 aromatic rings. The first kappa shape index (κ1) is 13.2. The van der Waals surface area contributed by atoms with Crippen molar-refractivity contribution in [2.24, 2.45) is 5.92 Å². The van der Waals surface area contributed by atoms with Crippen molar-refractivity contribution in [1.29, 1.82) is 0 Å². The molecular weight excluding hydrogens is 248 g/mol. The van der Waals surface area contributed by atoms with Gasteiger partial charge in [0.25, 0.3) is 0 Å². The normalized spacial score (nSPS) is 16.4. The molecule has 3 unspecified atom stereocenters. The van der Waals surface area contributed by atoms with Gasteiger partial charge in [0.2, 0.25) is 0 Å². The van der Waals surface area contributed by atoms with E-state index in [4.69, 9.17) is 16.7 Å². The van der Waals surface area contributed by atoms with Gasteiger partial charge in [-0.3, -0.25) is 9.00 Å². The van der Waals surface area contributed by atoms with E-state index in [-0.39, 0.29) is 0 Å². The second-order valence-electron chi connectivity index (χ2n) is 3.58. The van der Waals surface area contributed by atoms with E-state index in [0.717, 1.165) is 0 Å². The summed E-state index contributed by atoms with van der Waals surface area (Å²) in [5, 5.41) is 8.97. The maximum atomic E-state index is 12.0. The van der Waals surface area contributed by atoms with Crippen LogP contribution >= 0.6 is 11.6 Å². The van der Waals surface area contributed by atoms with Gasteiger partial charge in [-0.1, -0.05) is 18.5 Å². The third-order valence-electron chi connectivity index (χ3n) is 2.48. The Balaban J connectivity index is 2.86. The van der Waals surface area contributed by atoms with Crippen molar-refractivity contribution in [2.45, 2.75) is 24.0 Å². The summed E-state index contributed by atoms with van der Waals surface area (Å²) >= 11 is 5.72. The molecule has 1 aromatic carbocycles. The first-order valence-corrected chi connectivity index (χ1v) is 6.41. The van der Waals surface area contributed by atoms with E-state index >= 15 is 0 Å². The number of halogens is 1. The largest absolute Gasteiger partial charge is 0.481 e. The summed E-state index contributed by atoms with van der Waals surface area (Å²) in [5.41, 5.74) is 0. The van der Waals surface area contributed by atoms with Crippen LogP contribution in [0.1, 0.15) is 13.8 Å². The summed E-state index contributed by atoms with van der Waals surface area (Å²) in [4.78, 5) is 11.4. The monoisotopic (exact) mass is 260 g/mol. The quantitative estimate of drug-likeness (QED) is 0.905. The summed E-state index contributed by atoms with van der Waals surface area (Å²) in [5.74, 6) is -1.58. The number of hydrogen-bond acceptors (Lipinski definition) is 2. The van der Waals surface area contributed by atoms with Crippen molar-refractivity contribution in [3.63, 3.8) is 0 Å². The zero-order valence-electron chi connectivity index (χ0n) is 9.01. The fourth-order valence-electron chi connectivity index (χ4n) is 1.17. The molecule has 1 rings (SSSR count). The average Bonchev–Trinajstić information content (AvgIpc) is 2.27. The Morgan fingerprint density at radius 3 is 2.25 bits per heavy atom. The summed E-state index contributed by atoms with van der Waals surface area (Å²) < 4.78 is 12.0. The molecule has 0 heterocycles. The fraction of sp³-hybridized carbons (Fsp3) is 0.364. The van der Waals surface area contributed by atoms with Gasteiger partial charge in [-0.2, -0.15) is 0 Å². The van der Waals surface area contributed by atoms with Crippen LogP contribution < -0.4 is 0 Å². The lowest BCUT2D eigenvalue weighted by Crippen LogP contribution is -2.26. The standard InChI is InChI=1S/C11H13ClO3S/c1-7(11(13)14)8(2)16(15)10-5-3-9(12)4-6-10/h3-8H,1-2H3,(H,13,14). The molecule has 1 N–H and O–H groups in total. The fourth-order valence-corrected chi connectivity index (χ4v) is 2.62. The maximum Gasteiger partial charge on any atom is 0.307 e. The predicted octanol–water partition coefficient (Wildman–Crippen LogP) is 2.56. The van der Waals surface area contributed by atoms with E-state index in [0.29, 0.717) is 9.92 Å². The second-order valence-corrected chi connectivity index (χ2v) is 5.83. The molecule has 0 aliphatic heterocycles. The van der Waals surface area contributed by atoms with E-state index in [2.05, 4.69) is 0 Å². The topological polar surface area (TPSA) is 54.4 Å². The molecule has 0 fully saturated rings. The third-order valence-corrected chi connectivity index (χ3v) is 4.55. The van der Waals surface area contributed by atoms with Crippen molar-refractivity contribution >= 4 is 28.4 Å². The van der Waals surface area contributed by atoms with Crippen LogP contribution in [0.4, 0.5) is 0 Å². The van der Waals surface area contributed by atoms with E-state index in [1.165, 1.54) is 0 Å². The number of benzene rings is 1. The van der Waals surface area contributed by atoms with Gasteiger partial charge in [0.05, 0.1) is 16.7 Å². The molecule has 3 atom stereocenters. The molecule has 0 bridgehead atoms. The van der Waals surface area contributed by atoms with Crippen LogP contribution in [0.2, 0.25) is 5.02 Å². The smallest absolute Gasteiger partial charge is 0.307 e. The maximum absolute atomic E-state index is 12.0. The first-order valence-electron chi connectivity index (χ1n) is 4.82. The molecular formula is C11H13ClO3S. The van der Waals surface area contributed by atoms with Crippen molar-refractivity contribution in [3.05, 3.63) is 29.3 Å².